The second-order valence-corrected chi connectivity index (χ2v) is 7.12. The van der Waals surface area contributed by atoms with Gasteiger partial charge in [-0.3, -0.25) is 0 Å². The number of hydrogen-bond acceptors (Lipinski definition) is 3. The van der Waals surface area contributed by atoms with E-state index in [1.807, 2.05) is 0 Å². The molecule has 0 aromatic rings. The normalized spacial score (nSPS) is 38.6. The Morgan fingerprint density at radius 1 is 1.45 bits per heavy atom. The molecular weight excluding hydrogens is 250 g/mol. The fourth-order valence-electron chi connectivity index (χ4n) is 3.75. The molecule has 1 heterocycles. The smallest absolute Gasteiger partial charge is 0.0507 e. The summed E-state index contributed by atoms with van der Waals surface area (Å²) in [5.74, 6) is 2.73. The first-order valence-corrected chi connectivity index (χ1v) is 8.38. The number of allylic oxidation sites excluding steroid dienone is 1. The monoisotopic (exact) mass is 279 g/mol. The quantitative estimate of drug-likeness (QED) is 0.733. The molecule has 0 amide bonds. The van der Waals surface area contributed by atoms with Crippen molar-refractivity contribution in [1.82, 2.24) is 5.32 Å². The van der Waals surface area contributed by atoms with Gasteiger partial charge in [-0.15, -0.1) is 0 Å². The largest absolute Gasteiger partial charge is 0.396 e. The van der Waals surface area contributed by atoms with Crippen molar-refractivity contribution >= 4 is 0 Å². The van der Waals surface area contributed by atoms with Crippen molar-refractivity contribution in [3.63, 3.8) is 0 Å². The van der Waals surface area contributed by atoms with Crippen LogP contribution in [-0.2, 0) is 4.74 Å². The molecule has 1 aliphatic heterocycles. The highest BCUT2D eigenvalue weighted by Gasteiger charge is 2.43. The summed E-state index contributed by atoms with van der Waals surface area (Å²) < 4.78 is 5.47. The lowest BCUT2D eigenvalue weighted by atomic mass is 9.85. The number of hydrogen-bond donors (Lipinski definition) is 2. The lowest BCUT2D eigenvalue weighted by Gasteiger charge is -2.28. The van der Waals surface area contributed by atoms with E-state index < -0.39 is 0 Å². The fourth-order valence-corrected chi connectivity index (χ4v) is 3.75. The van der Waals surface area contributed by atoms with Crippen molar-refractivity contribution in [1.29, 1.82) is 0 Å². The summed E-state index contributed by atoms with van der Waals surface area (Å²) in [6.07, 6.45) is 8.67. The number of rotatable bonds is 6. The predicted octanol–water partition coefficient (Wildman–Crippen LogP) is 2.36. The number of aliphatic hydroxyl groups excluding tert-OH is 1. The molecule has 2 fully saturated rings. The molecule has 3 aliphatic rings. The molecule has 0 spiro atoms. The van der Waals surface area contributed by atoms with Crippen LogP contribution in [-0.4, -0.2) is 37.5 Å². The SMILES string of the molecule is CC1CC=C(C(NCC2CCOC2)C2CC2CO)CC1. The summed E-state index contributed by atoms with van der Waals surface area (Å²) in [6, 6.07) is 0.514. The predicted molar refractivity (Wildman–Crippen MR) is 80.5 cm³/mol. The van der Waals surface area contributed by atoms with Crippen LogP contribution in [0.3, 0.4) is 0 Å². The minimum Gasteiger partial charge on any atom is -0.396 e. The van der Waals surface area contributed by atoms with Gasteiger partial charge in [0.25, 0.3) is 0 Å². The summed E-state index contributed by atoms with van der Waals surface area (Å²) in [6.45, 7) is 5.63. The van der Waals surface area contributed by atoms with Gasteiger partial charge >= 0.3 is 0 Å². The van der Waals surface area contributed by atoms with Crippen molar-refractivity contribution in [2.45, 2.75) is 45.1 Å². The Morgan fingerprint density at radius 2 is 2.35 bits per heavy atom. The summed E-state index contributed by atoms with van der Waals surface area (Å²) >= 11 is 0. The fraction of sp³-hybridized carbons (Fsp3) is 0.882. The van der Waals surface area contributed by atoms with Gasteiger partial charge in [0, 0.05) is 25.8 Å². The first-order chi connectivity index (χ1) is 9.78. The van der Waals surface area contributed by atoms with Crippen LogP contribution in [0, 0.1) is 23.7 Å². The highest BCUT2D eigenvalue weighted by molar-refractivity contribution is 5.19. The number of nitrogens with one attached hydrogen (secondary N) is 1. The molecule has 114 valence electrons. The lowest BCUT2D eigenvalue weighted by Crippen LogP contribution is -2.38. The first-order valence-electron chi connectivity index (χ1n) is 8.38. The molecule has 5 unspecified atom stereocenters. The standard InChI is InChI=1S/C17H29NO2/c1-12-2-4-14(5-3-12)17(16-8-15(16)10-19)18-9-13-6-7-20-11-13/h4,12-13,15-19H,2-3,5-11H2,1H3. The molecular formula is C17H29NO2. The van der Waals surface area contributed by atoms with Gasteiger partial charge in [0.05, 0.1) is 6.61 Å². The Kier molecular flexibility index (Phi) is 4.79. The van der Waals surface area contributed by atoms with Crippen LogP contribution < -0.4 is 5.32 Å². The van der Waals surface area contributed by atoms with E-state index in [0.717, 1.165) is 25.7 Å². The van der Waals surface area contributed by atoms with Gasteiger partial charge in [-0.2, -0.15) is 0 Å². The Labute approximate surface area is 122 Å². The Bertz CT molecular complexity index is 349. The molecule has 2 aliphatic carbocycles. The van der Waals surface area contributed by atoms with E-state index in [1.165, 1.54) is 32.1 Å². The van der Waals surface area contributed by atoms with Crippen LogP contribution >= 0.6 is 0 Å². The summed E-state index contributed by atoms with van der Waals surface area (Å²) in [5, 5.41) is 13.2. The molecule has 0 radical (unpaired) electrons. The maximum Gasteiger partial charge on any atom is 0.0507 e. The van der Waals surface area contributed by atoms with Gasteiger partial charge in [0.15, 0.2) is 0 Å². The molecule has 0 aromatic heterocycles. The molecule has 3 nitrogen and oxygen atoms in total. The van der Waals surface area contributed by atoms with E-state index in [-0.39, 0.29) is 0 Å². The van der Waals surface area contributed by atoms with Crippen LogP contribution in [0.15, 0.2) is 11.6 Å². The maximum atomic E-state index is 9.38. The molecule has 0 aromatic carbocycles. The second-order valence-electron chi connectivity index (χ2n) is 7.12. The molecule has 1 saturated carbocycles. The van der Waals surface area contributed by atoms with E-state index in [9.17, 15) is 5.11 Å². The van der Waals surface area contributed by atoms with Gasteiger partial charge in [0.2, 0.25) is 0 Å². The molecule has 5 atom stereocenters. The Morgan fingerprint density at radius 3 is 2.95 bits per heavy atom. The first kappa shape index (κ1) is 14.6. The molecule has 3 heteroatoms. The maximum absolute atomic E-state index is 9.38. The minimum atomic E-state index is 0.360. The third-order valence-corrected chi connectivity index (χ3v) is 5.40. The highest BCUT2D eigenvalue weighted by atomic mass is 16.5. The van der Waals surface area contributed by atoms with Crippen molar-refractivity contribution in [3.8, 4) is 0 Å². The third kappa shape index (κ3) is 3.44. The van der Waals surface area contributed by atoms with Crippen molar-refractivity contribution in [2.24, 2.45) is 23.7 Å². The van der Waals surface area contributed by atoms with E-state index in [4.69, 9.17) is 4.74 Å². The van der Waals surface area contributed by atoms with E-state index in [2.05, 4.69) is 18.3 Å². The molecule has 20 heavy (non-hydrogen) atoms. The molecule has 2 N–H and O–H groups in total. The van der Waals surface area contributed by atoms with Gasteiger partial charge < -0.3 is 15.2 Å². The van der Waals surface area contributed by atoms with Crippen LogP contribution in [0.2, 0.25) is 0 Å². The Hall–Kier alpha value is -0.380. The third-order valence-electron chi connectivity index (χ3n) is 5.40. The van der Waals surface area contributed by atoms with Gasteiger partial charge in [-0.25, -0.2) is 0 Å². The summed E-state index contributed by atoms with van der Waals surface area (Å²) in [4.78, 5) is 0. The zero-order valence-corrected chi connectivity index (χ0v) is 12.7. The molecule has 1 saturated heterocycles. The van der Waals surface area contributed by atoms with Gasteiger partial charge in [-0.05, 0) is 55.8 Å². The molecule has 3 rings (SSSR count). The van der Waals surface area contributed by atoms with Crippen molar-refractivity contribution < 1.29 is 9.84 Å². The van der Waals surface area contributed by atoms with Gasteiger partial charge in [0.1, 0.15) is 0 Å². The summed E-state index contributed by atoms with van der Waals surface area (Å²) in [7, 11) is 0. The average Bonchev–Trinajstić information content (AvgIpc) is 3.05. The minimum absolute atomic E-state index is 0.360. The average molecular weight is 279 g/mol. The zero-order chi connectivity index (χ0) is 13.9. The van der Waals surface area contributed by atoms with Crippen molar-refractivity contribution in [2.75, 3.05) is 26.4 Å². The van der Waals surface area contributed by atoms with Crippen LogP contribution in [0.5, 0.6) is 0 Å². The second kappa shape index (κ2) is 6.59. The molecule has 0 bridgehead atoms. The van der Waals surface area contributed by atoms with Crippen LogP contribution in [0.25, 0.3) is 0 Å². The number of aliphatic hydroxyl groups is 1. The van der Waals surface area contributed by atoms with E-state index in [1.54, 1.807) is 5.57 Å². The van der Waals surface area contributed by atoms with E-state index in [0.29, 0.717) is 30.4 Å². The van der Waals surface area contributed by atoms with Crippen LogP contribution in [0.4, 0.5) is 0 Å². The van der Waals surface area contributed by atoms with Gasteiger partial charge in [-0.1, -0.05) is 18.6 Å². The highest BCUT2D eigenvalue weighted by Crippen LogP contribution is 2.44. The lowest BCUT2D eigenvalue weighted by molar-refractivity contribution is 0.184. The van der Waals surface area contributed by atoms with Crippen LogP contribution in [0.1, 0.15) is 39.0 Å². The van der Waals surface area contributed by atoms with Crippen molar-refractivity contribution in [3.05, 3.63) is 11.6 Å². The summed E-state index contributed by atoms with van der Waals surface area (Å²) in [5.41, 5.74) is 1.61. The topological polar surface area (TPSA) is 41.5 Å². The number of ether oxygens (including phenoxy) is 1. The van der Waals surface area contributed by atoms with E-state index >= 15 is 0 Å². The zero-order valence-electron chi connectivity index (χ0n) is 12.7. The Balaban J connectivity index is 1.58.